The molecule has 29 heavy (non-hydrogen) atoms. The van der Waals surface area contributed by atoms with Crippen molar-refractivity contribution < 1.29 is 19.2 Å². The molecule has 0 saturated carbocycles. The highest BCUT2D eigenvalue weighted by Crippen LogP contribution is 2.38. The molecule has 152 valence electrons. The van der Waals surface area contributed by atoms with Crippen LogP contribution in [-0.4, -0.2) is 50.3 Å². The highest BCUT2D eigenvalue weighted by Gasteiger charge is 2.24. The molecular weight excluding hydrogens is 386 g/mol. The topological polar surface area (TPSA) is 56.1 Å². The van der Waals surface area contributed by atoms with E-state index in [-0.39, 0.29) is 5.91 Å². The van der Waals surface area contributed by atoms with Gasteiger partial charge < -0.3 is 14.4 Å². The first-order valence-corrected chi connectivity index (χ1v) is 10.9. The highest BCUT2D eigenvalue weighted by molar-refractivity contribution is 7.22. The number of quaternary nitrogens is 1. The minimum Gasteiger partial charge on any atom is -0.486 e. The molecule has 1 aromatic heterocycles. The number of ether oxygens (including phenoxy) is 2. The minimum absolute atomic E-state index is 0.0199. The Bertz CT molecular complexity index is 943. The number of carbonyl (C=O) groups excluding carboxylic acids is 1. The number of benzene rings is 2. The SMILES string of the molecule is CC[NH+](CC)CCN(C(=O)c1ccccc1)c1nc2cc3c(cc2s1)OCCO3. The van der Waals surface area contributed by atoms with Gasteiger partial charge in [-0.15, -0.1) is 0 Å². The molecule has 0 fully saturated rings. The van der Waals surface area contributed by atoms with Gasteiger partial charge in [0.2, 0.25) is 0 Å². The van der Waals surface area contributed by atoms with Gasteiger partial charge in [0.1, 0.15) is 13.2 Å². The van der Waals surface area contributed by atoms with Crippen molar-refractivity contribution in [3.8, 4) is 11.5 Å². The standard InChI is InChI=1S/C22H25N3O3S/c1-3-24(4-2)10-11-25(21(26)16-8-6-5-7-9-16)22-23-17-14-18-19(15-20(17)29-22)28-13-12-27-18/h5-9,14-15H,3-4,10-13H2,1-2H3/p+1. The lowest BCUT2D eigenvalue weighted by Crippen LogP contribution is -3.12. The van der Waals surface area contributed by atoms with E-state index in [0.717, 1.165) is 35.6 Å². The van der Waals surface area contributed by atoms with E-state index in [4.69, 9.17) is 14.5 Å². The first kappa shape index (κ1) is 19.7. The van der Waals surface area contributed by atoms with Gasteiger partial charge >= 0.3 is 0 Å². The van der Waals surface area contributed by atoms with Crippen molar-refractivity contribution in [2.45, 2.75) is 13.8 Å². The predicted octanol–water partition coefficient (Wildman–Crippen LogP) is 2.64. The summed E-state index contributed by atoms with van der Waals surface area (Å²) in [5, 5.41) is 0.711. The van der Waals surface area contributed by atoms with Crippen LogP contribution < -0.4 is 19.3 Å². The number of fused-ring (bicyclic) bond motifs is 2. The van der Waals surface area contributed by atoms with Gasteiger partial charge in [-0.05, 0) is 26.0 Å². The number of nitrogens with zero attached hydrogens (tertiary/aromatic N) is 2. The van der Waals surface area contributed by atoms with Gasteiger partial charge in [-0.3, -0.25) is 9.69 Å². The minimum atomic E-state index is -0.0199. The smallest absolute Gasteiger partial charge is 0.260 e. The van der Waals surface area contributed by atoms with Gasteiger partial charge in [-0.25, -0.2) is 4.98 Å². The van der Waals surface area contributed by atoms with Crippen molar-refractivity contribution in [2.75, 3.05) is 44.3 Å². The Hall–Kier alpha value is -2.64. The van der Waals surface area contributed by atoms with Gasteiger partial charge in [0.15, 0.2) is 16.6 Å². The fourth-order valence-electron chi connectivity index (χ4n) is 3.46. The molecule has 1 N–H and O–H groups in total. The van der Waals surface area contributed by atoms with E-state index in [1.165, 1.54) is 16.2 Å². The van der Waals surface area contributed by atoms with E-state index in [1.807, 2.05) is 47.4 Å². The van der Waals surface area contributed by atoms with Crippen LogP contribution in [0.1, 0.15) is 24.2 Å². The number of anilines is 1. The summed E-state index contributed by atoms with van der Waals surface area (Å²) in [5.41, 5.74) is 1.50. The summed E-state index contributed by atoms with van der Waals surface area (Å²) in [6, 6.07) is 13.3. The van der Waals surface area contributed by atoms with Gasteiger partial charge in [0.25, 0.3) is 5.91 Å². The number of nitrogens with one attached hydrogen (secondary N) is 1. The van der Waals surface area contributed by atoms with Crippen molar-refractivity contribution in [1.82, 2.24) is 4.98 Å². The lowest BCUT2D eigenvalue weighted by Gasteiger charge is -2.23. The molecule has 0 unspecified atom stereocenters. The Balaban J connectivity index is 1.68. The number of likely N-dealkylation sites (N-methyl/N-ethyl adjacent to an activating group) is 1. The van der Waals surface area contributed by atoms with Crippen LogP contribution in [-0.2, 0) is 0 Å². The summed E-state index contributed by atoms with van der Waals surface area (Å²) in [7, 11) is 0. The van der Waals surface area contributed by atoms with Crippen molar-refractivity contribution in [3.63, 3.8) is 0 Å². The van der Waals surface area contributed by atoms with E-state index >= 15 is 0 Å². The van der Waals surface area contributed by atoms with Crippen LogP contribution in [0.5, 0.6) is 11.5 Å². The molecule has 0 aliphatic carbocycles. The molecule has 0 spiro atoms. The molecule has 1 amide bonds. The molecule has 2 heterocycles. The second-order valence-electron chi connectivity index (χ2n) is 6.99. The number of thiazole rings is 1. The maximum absolute atomic E-state index is 13.3. The largest absolute Gasteiger partial charge is 0.486 e. The van der Waals surface area contributed by atoms with Crippen LogP contribution in [0.2, 0.25) is 0 Å². The van der Waals surface area contributed by atoms with Crippen LogP contribution in [0.15, 0.2) is 42.5 Å². The first-order valence-electron chi connectivity index (χ1n) is 10.1. The second-order valence-corrected chi connectivity index (χ2v) is 8.00. The lowest BCUT2D eigenvalue weighted by molar-refractivity contribution is -0.894. The maximum atomic E-state index is 13.3. The van der Waals surface area contributed by atoms with Gasteiger partial charge in [0, 0.05) is 17.7 Å². The first-order chi connectivity index (χ1) is 14.2. The van der Waals surface area contributed by atoms with Gasteiger partial charge in [0.05, 0.1) is 36.4 Å². The predicted molar refractivity (Wildman–Crippen MR) is 116 cm³/mol. The second kappa shape index (κ2) is 8.80. The Kier molecular flexibility index (Phi) is 5.97. The molecule has 0 atom stereocenters. The molecule has 6 nitrogen and oxygen atoms in total. The van der Waals surface area contributed by atoms with E-state index in [9.17, 15) is 4.79 Å². The summed E-state index contributed by atoms with van der Waals surface area (Å²) in [6.07, 6.45) is 0. The molecule has 0 radical (unpaired) electrons. The molecular formula is C22H26N3O3S+. The zero-order chi connectivity index (χ0) is 20.2. The average molecular weight is 413 g/mol. The number of carbonyl (C=O) groups is 1. The van der Waals surface area contributed by atoms with Crippen molar-refractivity contribution >= 4 is 32.6 Å². The fourth-order valence-corrected chi connectivity index (χ4v) is 4.46. The van der Waals surface area contributed by atoms with E-state index in [2.05, 4.69) is 13.8 Å². The van der Waals surface area contributed by atoms with E-state index in [1.54, 1.807) is 0 Å². The third kappa shape index (κ3) is 4.21. The average Bonchev–Trinajstić information content (AvgIpc) is 3.17. The number of hydrogen-bond donors (Lipinski definition) is 1. The zero-order valence-corrected chi connectivity index (χ0v) is 17.6. The van der Waals surface area contributed by atoms with Gasteiger partial charge in [-0.1, -0.05) is 29.5 Å². The summed E-state index contributed by atoms with van der Waals surface area (Å²) in [5.74, 6) is 1.44. The number of amides is 1. The Morgan fingerprint density at radius 1 is 1.10 bits per heavy atom. The third-order valence-electron chi connectivity index (χ3n) is 5.23. The van der Waals surface area contributed by atoms with Gasteiger partial charge in [-0.2, -0.15) is 0 Å². The van der Waals surface area contributed by atoms with Crippen LogP contribution in [0.4, 0.5) is 5.13 Å². The van der Waals surface area contributed by atoms with Crippen LogP contribution in [0.25, 0.3) is 10.2 Å². The Labute approximate surface area is 174 Å². The van der Waals surface area contributed by atoms with E-state index in [0.29, 0.717) is 36.2 Å². The van der Waals surface area contributed by atoms with Crippen molar-refractivity contribution in [2.24, 2.45) is 0 Å². The highest BCUT2D eigenvalue weighted by atomic mass is 32.1. The number of aromatic nitrogens is 1. The number of hydrogen-bond acceptors (Lipinski definition) is 5. The number of rotatable bonds is 7. The molecule has 1 aliphatic rings. The lowest BCUT2D eigenvalue weighted by atomic mass is 10.2. The molecule has 0 bridgehead atoms. The Morgan fingerprint density at radius 3 is 2.48 bits per heavy atom. The fraction of sp³-hybridized carbons (Fsp3) is 0.364. The molecule has 7 heteroatoms. The molecule has 0 saturated heterocycles. The summed E-state index contributed by atoms with van der Waals surface area (Å²) in [4.78, 5) is 21.3. The van der Waals surface area contributed by atoms with Crippen LogP contribution in [0, 0.1) is 0 Å². The summed E-state index contributed by atoms with van der Waals surface area (Å²) >= 11 is 1.52. The normalized spacial score (nSPS) is 13.1. The molecule has 1 aliphatic heterocycles. The van der Waals surface area contributed by atoms with Crippen LogP contribution >= 0.6 is 11.3 Å². The molecule has 3 aromatic rings. The quantitative estimate of drug-likeness (QED) is 0.648. The molecule has 2 aromatic carbocycles. The van der Waals surface area contributed by atoms with Crippen molar-refractivity contribution in [1.29, 1.82) is 0 Å². The summed E-state index contributed by atoms with van der Waals surface area (Å²) in [6.45, 7) is 9.00. The monoisotopic (exact) mass is 412 g/mol. The van der Waals surface area contributed by atoms with E-state index < -0.39 is 0 Å². The van der Waals surface area contributed by atoms with Crippen molar-refractivity contribution in [3.05, 3.63) is 48.0 Å². The third-order valence-corrected chi connectivity index (χ3v) is 6.27. The molecule has 4 rings (SSSR count). The zero-order valence-electron chi connectivity index (χ0n) is 16.8. The Morgan fingerprint density at radius 2 is 1.79 bits per heavy atom. The summed E-state index contributed by atoms with van der Waals surface area (Å²) < 4.78 is 12.4. The maximum Gasteiger partial charge on any atom is 0.260 e. The van der Waals surface area contributed by atoms with Crippen LogP contribution in [0.3, 0.4) is 0 Å².